The van der Waals surface area contributed by atoms with Crippen LogP contribution in [0.1, 0.15) is 11.3 Å². The van der Waals surface area contributed by atoms with Crippen LogP contribution in [0, 0.1) is 12.7 Å². The van der Waals surface area contributed by atoms with E-state index in [0.29, 0.717) is 6.54 Å². The Morgan fingerprint density at radius 1 is 1.16 bits per heavy atom. The van der Waals surface area contributed by atoms with Gasteiger partial charge < -0.3 is 10.1 Å². The van der Waals surface area contributed by atoms with Gasteiger partial charge in [-0.3, -0.25) is 4.79 Å². The van der Waals surface area contributed by atoms with Crippen molar-refractivity contribution in [1.29, 1.82) is 0 Å². The summed E-state index contributed by atoms with van der Waals surface area (Å²) in [5.74, 6) is 0.611. The Hall–Kier alpha value is -3.39. The van der Waals surface area contributed by atoms with Gasteiger partial charge in [-0.1, -0.05) is 36.0 Å². The fourth-order valence-corrected chi connectivity index (χ4v) is 4.01. The van der Waals surface area contributed by atoms with E-state index in [1.807, 2.05) is 37.3 Å². The molecule has 6 nitrogen and oxygen atoms in total. The van der Waals surface area contributed by atoms with Gasteiger partial charge in [0.1, 0.15) is 16.6 Å². The summed E-state index contributed by atoms with van der Waals surface area (Å²) in [6.45, 7) is 2.28. The van der Waals surface area contributed by atoms with Crippen LogP contribution in [-0.2, 0) is 11.3 Å². The third-order valence-corrected chi connectivity index (χ3v) is 5.72. The topological polar surface area (TPSA) is 68.5 Å². The predicted octanol–water partition coefficient (Wildman–Crippen LogP) is 4.26. The van der Waals surface area contributed by atoms with Crippen LogP contribution in [-0.4, -0.2) is 33.4 Å². The van der Waals surface area contributed by atoms with Crippen LogP contribution < -0.4 is 10.1 Å². The van der Waals surface area contributed by atoms with Crippen LogP contribution >= 0.6 is 11.8 Å². The van der Waals surface area contributed by atoms with Crippen molar-refractivity contribution in [2.24, 2.45) is 0 Å². The van der Waals surface area contributed by atoms with Gasteiger partial charge in [0.2, 0.25) is 5.91 Å². The molecule has 0 saturated carbocycles. The molecule has 1 amide bonds. The second-order valence-electron chi connectivity index (χ2n) is 6.95. The van der Waals surface area contributed by atoms with Crippen LogP contribution in [0.2, 0.25) is 0 Å². The minimum absolute atomic E-state index is 0.112. The summed E-state index contributed by atoms with van der Waals surface area (Å²) in [5, 5.41) is 8.18. The molecule has 4 rings (SSSR count). The van der Waals surface area contributed by atoms with E-state index in [-0.39, 0.29) is 17.5 Å². The minimum Gasteiger partial charge on any atom is -0.497 e. The number of thioether (sulfide) groups is 1. The number of methoxy groups -OCH3 is 1. The van der Waals surface area contributed by atoms with Crippen molar-refractivity contribution in [3.05, 3.63) is 77.9 Å². The van der Waals surface area contributed by atoms with E-state index in [1.54, 1.807) is 30.0 Å². The zero-order chi connectivity index (χ0) is 21.8. The number of aryl methyl sites for hydroxylation is 1. The van der Waals surface area contributed by atoms with Crippen LogP contribution in [0.5, 0.6) is 5.75 Å². The van der Waals surface area contributed by atoms with E-state index in [1.165, 1.54) is 23.9 Å². The molecule has 31 heavy (non-hydrogen) atoms. The summed E-state index contributed by atoms with van der Waals surface area (Å²) >= 11 is 1.39. The summed E-state index contributed by atoms with van der Waals surface area (Å²) in [6.07, 6.45) is 1.78. The Bertz CT molecular complexity index is 1210. The highest BCUT2D eigenvalue weighted by Gasteiger charge is 2.14. The third-order valence-electron chi connectivity index (χ3n) is 4.72. The SMILES string of the molecule is COc1ccc(-c2cnn3c(SCC(=O)NCc4ccc(F)cc4)cc(C)nc23)cc1. The quantitative estimate of drug-likeness (QED) is 0.346. The molecule has 1 N–H and O–H groups in total. The van der Waals surface area contributed by atoms with Gasteiger partial charge in [0.15, 0.2) is 5.65 Å². The van der Waals surface area contributed by atoms with Crippen LogP contribution in [0.3, 0.4) is 0 Å². The second-order valence-corrected chi connectivity index (χ2v) is 7.95. The first-order valence-electron chi connectivity index (χ1n) is 9.67. The number of rotatable bonds is 7. The third kappa shape index (κ3) is 4.86. The Balaban J connectivity index is 1.48. The zero-order valence-electron chi connectivity index (χ0n) is 17.1. The number of nitrogens with zero attached hydrogens (tertiary/aromatic N) is 3. The molecular weight excluding hydrogens is 415 g/mol. The van der Waals surface area contributed by atoms with Gasteiger partial charge in [-0.2, -0.15) is 5.10 Å². The fraction of sp³-hybridized carbons (Fsp3) is 0.174. The number of amides is 1. The Morgan fingerprint density at radius 2 is 1.90 bits per heavy atom. The first-order chi connectivity index (χ1) is 15.0. The Morgan fingerprint density at radius 3 is 2.61 bits per heavy atom. The lowest BCUT2D eigenvalue weighted by molar-refractivity contribution is -0.118. The molecule has 0 saturated heterocycles. The van der Waals surface area contributed by atoms with Crippen LogP contribution in [0.25, 0.3) is 16.8 Å². The Kier molecular flexibility index (Phi) is 6.18. The highest BCUT2D eigenvalue weighted by atomic mass is 32.2. The van der Waals surface area contributed by atoms with E-state index in [2.05, 4.69) is 15.4 Å². The molecule has 0 unspecified atom stereocenters. The monoisotopic (exact) mass is 436 g/mol. The fourth-order valence-electron chi connectivity index (χ4n) is 3.12. The molecule has 4 aromatic rings. The number of nitrogens with one attached hydrogen (secondary N) is 1. The summed E-state index contributed by atoms with van der Waals surface area (Å²) < 4.78 is 20.0. The number of halogens is 1. The van der Waals surface area contributed by atoms with Gasteiger partial charge >= 0.3 is 0 Å². The predicted molar refractivity (Wildman–Crippen MR) is 119 cm³/mol. The Labute approximate surface area is 183 Å². The van der Waals surface area contributed by atoms with Gasteiger partial charge in [0, 0.05) is 17.8 Å². The maximum atomic E-state index is 13.0. The number of hydrogen-bond acceptors (Lipinski definition) is 5. The van der Waals surface area contributed by atoms with E-state index < -0.39 is 0 Å². The van der Waals surface area contributed by atoms with Gasteiger partial charge in [0.05, 0.1) is 19.1 Å². The standard InChI is InChI=1S/C23H21FN4O2S/c1-15-11-22(31-14-21(29)25-12-16-3-7-18(24)8-4-16)28-23(27-15)20(13-26-28)17-5-9-19(30-2)10-6-17/h3-11,13H,12,14H2,1-2H3,(H,25,29). The van der Waals surface area contributed by atoms with Crippen molar-refractivity contribution in [2.75, 3.05) is 12.9 Å². The number of carbonyl (C=O) groups excluding carboxylic acids is 1. The molecule has 0 fully saturated rings. The maximum Gasteiger partial charge on any atom is 0.230 e. The second kappa shape index (κ2) is 9.18. The molecule has 0 radical (unpaired) electrons. The first kappa shape index (κ1) is 20.9. The van der Waals surface area contributed by atoms with Crippen LogP contribution in [0.4, 0.5) is 4.39 Å². The molecule has 2 aromatic heterocycles. The van der Waals surface area contributed by atoms with Gasteiger partial charge in [-0.05, 0) is 48.4 Å². The number of ether oxygens (including phenoxy) is 1. The molecule has 2 aromatic carbocycles. The molecule has 158 valence electrons. The van der Waals surface area contributed by atoms with Crippen molar-refractivity contribution < 1.29 is 13.9 Å². The molecule has 8 heteroatoms. The van der Waals surface area contributed by atoms with E-state index >= 15 is 0 Å². The van der Waals surface area contributed by atoms with Crippen LogP contribution in [0.15, 0.2) is 65.8 Å². The smallest absolute Gasteiger partial charge is 0.230 e. The average molecular weight is 437 g/mol. The lowest BCUT2D eigenvalue weighted by Gasteiger charge is -2.08. The molecule has 0 bridgehead atoms. The molecule has 0 atom stereocenters. The van der Waals surface area contributed by atoms with E-state index in [0.717, 1.165) is 38.8 Å². The highest BCUT2D eigenvalue weighted by Crippen LogP contribution is 2.28. The van der Waals surface area contributed by atoms with E-state index in [4.69, 9.17) is 4.74 Å². The maximum absolute atomic E-state index is 13.0. The molecule has 0 aliphatic carbocycles. The first-order valence-corrected chi connectivity index (χ1v) is 10.7. The number of carbonyl (C=O) groups is 1. The number of hydrogen-bond donors (Lipinski definition) is 1. The lowest BCUT2D eigenvalue weighted by atomic mass is 10.1. The highest BCUT2D eigenvalue weighted by molar-refractivity contribution is 7.99. The minimum atomic E-state index is -0.295. The molecule has 2 heterocycles. The number of benzene rings is 2. The normalized spacial score (nSPS) is 10.9. The van der Waals surface area contributed by atoms with Crippen molar-refractivity contribution in [3.8, 4) is 16.9 Å². The summed E-state index contributed by atoms with van der Waals surface area (Å²) in [4.78, 5) is 17.0. The van der Waals surface area contributed by atoms with Gasteiger partial charge in [0.25, 0.3) is 0 Å². The van der Waals surface area contributed by atoms with Crippen molar-refractivity contribution >= 4 is 23.3 Å². The number of fused-ring (bicyclic) bond motifs is 1. The average Bonchev–Trinajstić information content (AvgIpc) is 3.21. The molecule has 0 aliphatic heterocycles. The lowest BCUT2D eigenvalue weighted by Crippen LogP contribution is -2.24. The number of aromatic nitrogens is 3. The van der Waals surface area contributed by atoms with Gasteiger partial charge in [-0.15, -0.1) is 0 Å². The molecule has 0 aliphatic rings. The summed E-state index contributed by atoms with van der Waals surface area (Å²) in [5.41, 5.74) is 4.32. The molecule has 0 spiro atoms. The van der Waals surface area contributed by atoms with Crippen molar-refractivity contribution in [2.45, 2.75) is 18.5 Å². The summed E-state index contributed by atoms with van der Waals surface area (Å²) in [6, 6.07) is 15.7. The van der Waals surface area contributed by atoms with Crippen molar-refractivity contribution in [3.63, 3.8) is 0 Å². The van der Waals surface area contributed by atoms with E-state index in [9.17, 15) is 9.18 Å². The zero-order valence-corrected chi connectivity index (χ0v) is 17.9. The molecular formula is C23H21FN4O2S. The van der Waals surface area contributed by atoms with Gasteiger partial charge in [-0.25, -0.2) is 13.9 Å². The van der Waals surface area contributed by atoms with Crippen molar-refractivity contribution in [1.82, 2.24) is 19.9 Å². The summed E-state index contributed by atoms with van der Waals surface area (Å²) in [7, 11) is 1.63. The largest absolute Gasteiger partial charge is 0.497 e.